The Morgan fingerprint density at radius 2 is 1.44 bits per heavy atom. The quantitative estimate of drug-likeness (QED) is 0.566. The molecule has 18 heavy (non-hydrogen) atoms. The Balaban J connectivity index is 2.19. The second kappa shape index (κ2) is 4.60. The predicted octanol–water partition coefficient (Wildman–Crippen LogP) is 5.47. The van der Waals surface area contributed by atoms with Gasteiger partial charge in [-0.25, -0.2) is 0 Å². The van der Waals surface area contributed by atoms with Gasteiger partial charge in [-0.3, -0.25) is 0 Å². The molecule has 2 fully saturated rings. The first kappa shape index (κ1) is 14.5. The zero-order valence-electron chi connectivity index (χ0n) is 13.7. The molecule has 0 amide bonds. The third-order valence-corrected chi connectivity index (χ3v) is 7.13. The van der Waals surface area contributed by atoms with Crippen molar-refractivity contribution in [2.24, 2.45) is 17.3 Å². The molecule has 2 heterocycles. The van der Waals surface area contributed by atoms with Crippen LogP contribution in [0.1, 0.15) is 48.5 Å². The molecule has 3 atom stereocenters. The van der Waals surface area contributed by atoms with E-state index in [-0.39, 0.29) is 0 Å². The van der Waals surface area contributed by atoms with E-state index in [4.69, 9.17) is 0 Å². The SMILES string of the molecule is CC(C)B1CC(C)(C)C(C)(B2CC(C)C(C)C2)C1. The summed E-state index contributed by atoms with van der Waals surface area (Å²) in [7, 11) is 0. The molecule has 0 nitrogen and oxygen atoms in total. The topological polar surface area (TPSA) is 0 Å². The van der Waals surface area contributed by atoms with E-state index in [2.05, 4.69) is 48.5 Å². The van der Waals surface area contributed by atoms with E-state index in [1.165, 1.54) is 25.3 Å². The van der Waals surface area contributed by atoms with Gasteiger partial charge in [0.05, 0.1) is 0 Å². The molecule has 3 unspecified atom stereocenters. The average Bonchev–Trinajstić information content (AvgIpc) is 2.68. The van der Waals surface area contributed by atoms with Crippen LogP contribution in [0.4, 0.5) is 0 Å². The van der Waals surface area contributed by atoms with Gasteiger partial charge in [-0.1, -0.05) is 84.9 Å². The fourth-order valence-electron chi connectivity index (χ4n) is 4.95. The molecule has 0 saturated carbocycles. The normalized spacial score (nSPS) is 40.0. The summed E-state index contributed by atoms with van der Waals surface area (Å²) in [4.78, 5) is 0. The minimum Gasteiger partial charge on any atom is -0.0745 e. The van der Waals surface area contributed by atoms with E-state index in [0.29, 0.717) is 10.7 Å². The third kappa shape index (κ3) is 2.18. The second-order valence-electron chi connectivity index (χ2n) is 8.84. The zero-order valence-corrected chi connectivity index (χ0v) is 13.7. The molecule has 2 aliphatic rings. The first-order valence-electron chi connectivity index (χ1n) is 8.17. The summed E-state index contributed by atoms with van der Waals surface area (Å²) in [6.45, 7) is 19.4. The Hall–Kier alpha value is 0.130. The largest absolute Gasteiger partial charge is 0.146 e. The Kier molecular flexibility index (Phi) is 3.71. The van der Waals surface area contributed by atoms with Crippen molar-refractivity contribution >= 4 is 13.4 Å². The minimum atomic E-state index is 0.538. The first-order chi connectivity index (χ1) is 8.17. The Morgan fingerprint density at radius 1 is 0.944 bits per heavy atom. The van der Waals surface area contributed by atoms with Crippen LogP contribution in [0.25, 0.3) is 0 Å². The van der Waals surface area contributed by atoms with Crippen molar-refractivity contribution in [3.05, 3.63) is 0 Å². The van der Waals surface area contributed by atoms with E-state index in [1.807, 2.05) is 0 Å². The fourth-order valence-corrected chi connectivity index (χ4v) is 4.95. The minimum absolute atomic E-state index is 0.538. The second-order valence-corrected chi connectivity index (χ2v) is 8.84. The predicted molar refractivity (Wildman–Crippen MR) is 86.3 cm³/mol. The maximum Gasteiger partial charge on any atom is 0.146 e. The van der Waals surface area contributed by atoms with Crippen LogP contribution in [0.5, 0.6) is 0 Å². The van der Waals surface area contributed by atoms with Crippen LogP contribution in [0.15, 0.2) is 0 Å². The maximum absolute atomic E-state index is 2.62. The monoisotopic (exact) mass is 246 g/mol. The standard InChI is InChI=1S/C16H32B2/c1-12(2)17-10-15(5,6)16(7,11-17)18-8-13(3)14(4)9-18/h12-14H,8-11H2,1-7H3. The van der Waals surface area contributed by atoms with Crippen LogP contribution < -0.4 is 0 Å². The van der Waals surface area contributed by atoms with Crippen molar-refractivity contribution in [1.82, 2.24) is 0 Å². The molecule has 0 aromatic heterocycles. The number of hydrogen-bond donors (Lipinski definition) is 0. The summed E-state index contributed by atoms with van der Waals surface area (Å²) in [5.74, 6) is 2.75. The summed E-state index contributed by atoms with van der Waals surface area (Å²) in [6.07, 6.45) is 5.88. The molecule has 0 aromatic rings. The molecular weight excluding hydrogens is 214 g/mol. The molecule has 0 aromatic carbocycles. The molecule has 2 rings (SSSR count). The molecule has 2 saturated heterocycles. The molecule has 2 aliphatic heterocycles. The molecule has 0 N–H and O–H groups in total. The van der Waals surface area contributed by atoms with Gasteiger partial charge in [-0.05, 0) is 17.3 Å². The summed E-state index contributed by atoms with van der Waals surface area (Å²) in [5, 5.41) is 0.584. The van der Waals surface area contributed by atoms with Gasteiger partial charge in [0.25, 0.3) is 0 Å². The highest BCUT2D eigenvalue weighted by Gasteiger charge is 2.57. The van der Waals surface area contributed by atoms with Gasteiger partial charge in [-0.15, -0.1) is 0 Å². The number of rotatable bonds is 2. The highest BCUT2D eigenvalue weighted by Crippen LogP contribution is 2.65. The Morgan fingerprint density at radius 3 is 1.83 bits per heavy atom. The lowest BCUT2D eigenvalue weighted by Crippen LogP contribution is -2.36. The molecule has 0 bridgehead atoms. The maximum atomic E-state index is 2.62. The first-order valence-corrected chi connectivity index (χ1v) is 8.17. The van der Waals surface area contributed by atoms with Crippen LogP contribution in [0.3, 0.4) is 0 Å². The summed E-state index contributed by atoms with van der Waals surface area (Å²) in [5.41, 5.74) is 0.538. The van der Waals surface area contributed by atoms with Crippen molar-refractivity contribution in [2.75, 3.05) is 0 Å². The highest BCUT2D eigenvalue weighted by molar-refractivity contribution is 6.70. The Labute approximate surface area is 116 Å². The lowest BCUT2D eigenvalue weighted by Gasteiger charge is -2.43. The van der Waals surface area contributed by atoms with Crippen LogP contribution in [0, 0.1) is 17.3 Å². The van der Waals surface area contributed by atoms with Gasteiger partial charge >= 0.3 is 0 Å². The summed E-state index contributed by atoms with van der Waals surface area (Å²) in [6, 6.07) is 0. The van der Waals surface area contributed by atoms with Crippen LogP contribution in [-0.4, -0.2) is 13.4 Å². The van der Waals surface area contributed by atoms with Gasteiger partial charge in [0, 0.05) is 0 Å². The van der Waals surface area contributed by atoms with Gasteiger partial charge in [-0.2, -0.15) is 0 Å². The molecule has 0 spiro atoms. The fraction of sp³-hybridized carbons (Fsp3) is 1.00. The highest BCUT2D eigenvalue weighted by atomic mass is 14.4. The molecular formula is C16H32B2. The van der Waals surface area contributed by atoms with E-state index < -0.39 is 0 Å². The van der Waals surface area contributed by atoms with Gasteiger partial charge in [0.2, 0.25) is 0 Å². The van der Waals surface area contributed by atoms with Crippen LogP contribution in [0.2, 0.25) is 36.4 Å². The molecule has 0 radical (unpaired) electrons. The van der Waals surface area contributed by atoms with E-state index in [0.717, 1.165) is 31.1 Å². The lowest BCUT2D eigenvalue weighted by molar-refractivity contribution is 0.315. The van der Waals surface area contributed by atoms with Crippen molar-refractivity contribution in [1.29, 1.82) is 0 Å². The average molecular weight is 246 g/mol. The van der Waals surface area contributed by atoms with Crippen molar-refractivity contribution in [3.63, 3.8) is 0 Å². The Bertz CT molecular complexity index is 300. The van der Waals surface area contributed by atoms with Gasteiger partial charge < -0.3 is 0 Å². The zero-order chi connectivity index (χ0) is 13.7. The summed E-state index contributed by atoms with van der Waals surface area (Å²) >= 11 is 0. The third-order valence-electron chi connectivity index (χ3n) is 7.13. The van der Waals surface area contributed by atoms with Crippen molar-refractivity contribution in [3.8, 4) is 0 Å². The van der Waals surface area contributed by atoms with E-state index in [9.17, 15) is 0 Å². The van der Waals surface area contributed by atoms with Gasteiger partial charge in [0.15, 0.2) is 0 Å². The molecule has 2 heteroatoms. The van der Waals surface area contributed by atoms with Gasteiger partial charge in [0.1, 0.15) is 13.4 Å². The van der Waals surface area contributed by atoms with E-state index >= 15 is 0 Å². The smallest absolute Gasteiger partial charge is 0.0745 e. The summed E-state index contributed by atoms with van der Waals surface area (Å²) < 4.78 is 0. The lowest BCUT2D eigenvalue weighted by atomic mass is 9.26. The van der Waals surface area contributed by atoms with Crippen molar-refractivity contribution < 1.29 is 0 Å². The van der Waals surface area contributed by atoms with E-state index in [1.54, 1.807) is 0 Å². The number of hydrogen-bond acceptors (Lipinski definition) is 0. The van der Waals surface area contributed by atoms with Crippen molar-refractivity contribution in [2.45, 2.75) is 84.9 Å². The molecule has 0 aliphatic carbocycles. The molecule has 102 valence electrons. The van der Waals surface area contributed by atoms with Crippen LogP contribution in [-0.2, 0) is 0 Å². The van der Waals surface area contributed by atoms with Crippen LogP contribution >= 0.6 is 0 Å².